The first-order valence-corrected chi connectivity index (χ1v) is 7.55. The predicted octanol–water partition coefficient (Wildman–Crippen LogP) is 4.58. The highest BCUT2D eigenvalue weighted by Gasteiger charge is 2.12. The molecule has 0 atom stereocenters. The fraction of sp³-hybridized carbons (Fsp3) is 0. The van der Waals surface area contributed by atoms with Crippen molar-refractivity contribution in [3.8, 4) is 0 Å². The van der Waals surface area contributed by atoms with Crippen molar-refractivity contribution in [1.29, 1.82) is 5.41 Å². The lowest BCUT2D eigenvalue weighted by atomic mass is 10.1. The standard InChI is InChI=1S/C16H10BrClN2O2/c17-10-4-5-14-9(6-10)7-13(15(19)22-14)16(21)20-12-3-1-2-11(18)8-12/h1-8,19H,(H,20,21). The lowest BCUT2D eigenvalue weighted by Crippen LogP contribution is -2.20. The van der Waals surface area contributed by atoms with Gasteiger partial charge in [-0.15, -0.1) is 0 Å². The Morgan fingerprint density at radius 3 is 2.77 bits per heavy atom. The third kappa shape index (κ3) is 3.05. The summed E-state index contributed by atoms with van der Waals surface area (Å²) in [6, 6.07) is 13.8. The first-order valence-electron chi connectivity index (χ1n) is 6.38. The highest BCUT2D eigenvalue weighted by Crippen LogP contribution is 2.20. The van der Waals surface area contributed by atoms with Crippen LogP contribution in [0.1, 0.15) is 10.4 Å². The highest BCUT2D eigenvalue weighted by molar-refractivity contribution is 9.10. The van der Waals surface area contributed by atoms with Gasteiger partial charge in [0.25, 0.3) is 5.91 Å². The monoisotopic (exact) mass is 376 g/mol. The molecule has 4 nitrogen and oxygen atoms in total. The zero-order chi connectivity index (χ0) is 15.7. The molecule has 2 N–H and O–H groups in total. The molecule has 22 heavy (non-hydrogen) atoms. The Balaban J connectivity index is 2.00. The quantitative estimate of drug-likeness (QED) is 0.686. The van der Waals surface area contributed by atoms with Crippen molar-refractivity contribution in [2.45, 2.75) is 0 Å². The van der Waals surface area contributed by atoms with Gasteiger partial charge in [0.2, 0.25) is 5.55 Å². The topological polar surface area (TPSA) is 66.1 Å². The Labute approximate surface area is 139 Å². The Bertz CT molecular complexity index is 937. The maximum atomic E-state index is 12.3. The molecule has 0 unspecified atom stereocenters. The van der Waals surface area contributed by atoms with Crippen LogP contribution in [0.15, 0.2) is 57.4 Å². The maximum Gasteiger partial charge on any atom is 0.261 e. The molecule has 3 rings (SSSR count). The molecule has 0 aliphatic heterocycles. The number of nitrogens with one attached hydrogen (secondary N) is 2. The normalized spacial score (nSPS) is 10.6. The van der Waals surface area contributed by atoms with Crippen molar-refractivity contribution in [3.05, 3.63) is 69.1 Å². The average Bonchev–Trinajstić information content (AvgIpc) is 2.47. The van der Waals surface area contributed by atoms with Crippen molar-refractivity contribution in [2.24, 2.45) is 0 Å². The van der Waals surface area contributed by atoms with Crippen LogP contribution in [-0.4, -0.2) is 5.91 Å². The summed E-state index contributed by atoms with van der Waals surface area (Å²) in [4.78, 5) is 12.3. The minimum Gasteiger partial charge on any atom is -0.438 e. The molecule has 1 amide bonds. The fourth-order valence-electron chi connectivity index (χ4n) is 2.04. The van der Waals surface area contributed by atoms with Gasteiger partial charge in [-0.3, -0.25) is 10.2 Å². The first kappa shape index (κ1) is 14.8. The van der Waals surface area contributed by atoms with Gasteiger partial charge < -0.3 is 9.73 Å². The molecule has 0 fully saturated rings. The summed E-state index contributed by atoms with van der Waals surface area (Å²) in [5.41, 5.74) is 1.08. The number of carbonyl (C=O) groups excluding carboxylic acids is 1. The lowest BCUT2D eigenvalue weighted by Gasteiger charge is -2.06. The number of amides is 1. The van der Waals surface area contributed by atoms with Crippen LogP contribution in [0, 0.1) is 5.41 Å². The smallest absolute Gasteiger partial charge is 0.261 e. The summed E-state index contributed by atoms with van der Waals surface area (Å²) in [7, 11) is 0. The zero-order valence-corrected chi connectivity index (χ0v) is 13.5. The lowest BCUT2D eigenvalue weighted by molar-refractivity contribution is 0.102. The number of fused-ring (bicyclic) bond motifs is 1. The van der Waals surface area contributed by atoms with Gasteiger partial charge in [-0.2, -0.15) is 0 Å². The molecule has 1 heterocycles. The molecule has 3 aromatic rings. The molecule has 0 saturated carbocycles. The molecular formula is C16H10BrClN2O2. The van der Waals surface area contributed by atoms with Crippen molar-refractivity contribution >= 4 is 50.1 Å². The van der Waals surface area contributed by atoms with E-state index in [1.807, 2.05) is 12.1 Å². The second kappa shape index (κ2) is 5.94. The van der Waals surface area contributed by atoms with Crippen LogP contribution < -0.4 is 10.9 Å². The highest BCUT2D eigenvalue weighted by atomic mass is 79.9. The average molecular weight is 378 g/mol. The molecule has 0 saturated heterocycles. The van der Waals surface area contributed by atoms with E-state index < -0.39 is 5.91 Å². The zero-order valence-electron chi connectivity index (χ0n) is 11.2. The Kier molecular flexibility index (Phi) is 4.00. The first-order chi connectivity index (χ1) is 10.5. The minimum atomic E-state index is -0.419. The summed E-state index contributed by atoms with van der Waals surface area (Å²) in [5.74, 6) is -0.419. The summed E-state index contributed by atoms with van der Waals surface area (Å²) in [6.45, 7) is 0. The van der Waals surface area contributed by atoms with Gasteiger partial charge in [-0.25, -0.2) is 0 Å². The number of carbonyl (C=O) groups is 1. The van der Waals surface area contributed by atoms with Crippen LogP contribution in [0.3, 0.4) is 0 Å². The molecule has 1 aromatic heterocycles. The van der Waals surface area contributed by atoms with E-state index in [1.165, 1.54) is 0 Å². The van der Waals surface area contributed by atoms with Crippen LogP contribution >= 0.6 is 27.5 Å². The number of rotatable bonds is 2. The second-order valence-electron chi connectivity index (χ2n) is 4.64. The van der Waals surface area contributed by atoms with Crippen molar-refractivity contribution in [1.82, 2.24) is 0 Å². The molecule has 2 aromatic carbocycles. The summed E-state index contributed by atoms with van der Waals surface area (Å²) >= 11 is 9.26. The van der Waals surface area contributed by atoms with Crippen molar-refractivity contribution in [3.63, 3.8) is 0 Å². The summed E-state index contributed by atoms with van der Waals surface area (Å²) in [6.07, 6.45) is 0. The van der Waals surface area contributed by atoms with E-state index in [1.54, 1.807) is 36.4 Å². The summed E-state index contributed by atoms with van der Waals surface area (Å²) in [5, 5.41) is 11.8. The minimum absolute atomic E-state index is 0.158. The van der Waals surface area contributed by atoms with E-state index in [2.05, 4.69) is 21.2 Å². The molecule has 0 aliphatic carbocycles. The van der Waals surface area contributed by atoms with Gasteiger partial charge in [0.05, 0.1) is 0 Å². The summed E-state index contributed by atoms with van der Waals surface area (Å²) < 4.78 is 6.26. The predicted molar refractivity (Wildman–Crippen MR) is 89.2 cm³/mol. The van der Waals surface area contributed by atoms with Gasteiger partial charge in [-0.1, -0.05) is 33.6 Å². The van der Waals surface area contributed by atoms with Gasteiger partial charge in [0, 0.05) is 20.6 Å². The van der Waals surface area contributed by atoms with E-state index >= 15 is 0 Å². The van der Waals surface area contributed by atoms with Crippen LogP contribution in [0.5, 0.6) is 0 Å². The van der Waals surface area contributed by atoms with Crippen molar-refractivity contribution in [2.75, 3.05) is 5.32 Å². The van der Waals surface area contributed by atoms with E-state index in [0.717, 1.165) is 9.86 Å². The van der Waals surface area contributed by atoms with E-state index in [-0.39, 0.29) is 11.1 Å². The van der Waals surface area contributed by atoms with Gasteiger partial charge >= 0.3 is 0 Å². The number of benzene rings is 2. The van der Waals surface area contributed by atoms with E-state index in [4.69, 9.17) is 21.4 Å². The van der Waals surface area contributed by atoms with Gasteiger partial charge in [0.1, 0.15) is 11.1 Å². The van der Waals surface area contributed by atoms with Crippen LogP contribution in [0.4, 0.5) is 5.69 Å². The van der Waals surface area contributed by atoms with Gasteiger partial charge in [-0.05, 0) is 42.5 Å². The van der Waals surface area contributed by atoms with E-state index in [9.17, 15) is 4.79 Å². The molecular weight excluding hydrogens is 368 g/mol. The maximum absolute atomic E-state index is 12.3. The van der Waals surface area contributed by atoms with Gasteiger partial charge in [0.15, 0.2) is 0 Å². The fourth-order valence-corrected chi connectivity index (χ4v) is 2.61. The largest absolute Gasteiger partial charge is 0.438 e. The number of hydrogen-bond donors (Lipinski definition) is 2. The molecule has 6 heteroatoms. The number of hydrogen-bond acceptors (Lipinski definition) is 3. The molecule has 110 valence electrons. The Morgan fingerprint density at radius 2 is 2.00 bits per heavy atom. The van der Waals surface area contributed by atoms with Crippen LogP contribution in [0.25, 0.3) is 11.0 Å². The molecule has 0 radical (unpaired) electrons. The second-order valence-corrected chi connectivity index (χ2v) is 5.99. The Morgan fingerprint density at radius 1 is 1.18 bits per heavy atom. The van der Waals surface area contributed by atoms with E-state index in [0.29, 0.717) is 16.3 Å². The third-order valence-electron chi connectivity index (χ3n) is 3.06. The molecule has 0 aliphatic rings. The number of anilines is 1. The van der Waals surface area contributed by atoms with Crippen LogP contribution in [0.2, 0.25) is 5.02 Å². The van der Waals surface area contributed by atoms with Crippen molar-refractivity contribution < 1.29 is 9.21 Å². The molecule has 0 bridgehead atoms. The third-order valence-corrected chi connectivity index (χ3v) is 3.78. The SMILES string of the molecule is N=c1oc2ccc(Br)cc2cc1C(=O)Nc1cccc(Cl)c1. The Hall–Kier alpha value is -2.11. The number of halogens is 2. The van der Waals surface area contributed by atoms with Crippen LogP contribution in [-0.2, 0) is 0 Å². The molecule has 0 spiro atoms.